The minimum Gasteiger partial charge on any atom is -0.466 e. The molecule has 2 fully saturated rings. The maximum atomic E-state index is 12.7. The maximum Gasteiger partial charge on any atom is 0.310 e. The van der Waals surface area contributed by atoms with Crippen LogP contribution in [0.3, 0.4) is 0 Å². The van der Waals surface area contributed by atoms with Crippen LogP contribution >= 0.6 is 0 Å². The van der Waals surface area contributed by atoms with Crippen LogP contribution in [0.4, 0.5) is 0 Å². The Labute approximate surface area is 188 Å². The molecule has 0 aromatic carbocycles. The van der Waals surface area contributed by atoms with Crippen LogP contribution in [0.1, 0.15) is 49.6 Å². The molecule has 1 aromatic heterocycles. The summed E-state index contributed by atoms with van der Waals surface area (Å²) in [5, 5.41) is -0.268. The van der Waals surface area contributed by atoms with E-state index < -0.39 is 15.9 Å². The van der Waals surface area contributed by atoms with Gasteiger partial charge in [0.2, 0.25) is 11.0 Å². The van der Waals surface area contributed by atoms with Gasteiger partial charge in [-0.1, -0.05) is 6.42 Å². The van der Waals surface area contributed by atoms with Gasteiger partial charge in [-0.25, -0.2) is 8.42 Å². The van der Waals surface area contributed by atoms with Gasteiger partial charge in [0.15, 0.2) is 5.76 Å². The molecule has 0 aliphatic carbocycles. The maximum absolute atomic E-state index is 12.7. The Bertz CT molecular complexity index is 937. The van der Waals surface area contributed by atoms with Crippen LogP contribution < -0.4 is 0 Å². The zero-order chi connectivity index (χ0) is 23.3. The van der Waals surface area contributed by atoms with Gasteiger partial charge in [0.1, 0.15) is 0 Å². The molecule has 0 N–H and O–H groups in total. The lowest BCUT2D eigenvalue weighted by Crippen LogP contribution is -2.47. The molecule has 1 unspecified atom stereocenters. The Morgan fingerprint density at radius 1 is 1.12 bits per heavy atom. The third kappa shape index (κ3) is 5.50. The SMILES string of the molecule is CCOC(=O)C1CCCN(C(=O)CN(C)C(=O)c2ccc(S(=O)(=O)N3CCCCC3)o2)C1. The predicted octanol–water partition coefficient (Wildman–Crippen LogP) is 1.33. The van der Waals surface area contributed by atoms with Crippen molar-refractivity contribution in [2.75, 3.05) is 46.4 Å². The van der Waals surface area contributed by atoms with Gasteiger partial charge in [-0.2, -0.15) is 4.31 Å². The number of likely N-dealkylation sites (tertiary alicyclic amines) is 1. The van der Waals surface area contributed by atoms with Crippen molar-refractivity contribution >= 4 is 27.8 Å². The van der Waals surface area contributed by atoms with Gasteiger partial charge in [-0.05, 0) is 44.7 Å². The number of ether oxygens (including phenoxy) is 1. The molecule has 1 aromatic rings. The monoisotopic (exact) mass is 469 g/mol. The van der Waals surface area contributed by atoms with Crippen molar-refractivity contribution in [3.05, 3.63) is 17.9 Å². The number of hydrogen-bond donors (Lipinski definition) is 0. The number of rotatable bonds is 7. The highest BCUT2D eigenvalue weighted by Crippen LogP contribution is 2.23. The highest BCUT2D eigenvalue weighted by Gasteiger charge is 2.32. The molecule has 2 aliphatic rings. The Morgan fingerprint density at radius 3 is 2.53 bits per heavy atom. The summed E-state index contributed by atoms with van der Waals surface area (Å²) in [7, 11) is -2.33. The van der Waals surface area contributed by atoms with Crippen molar-refractivity contribution in [2.24, 2.45) is 5.92 Å². The van der Waals surface area contributed by atoms with Crippen molar-refractivity contribution in [1.82, 2.24) is 14.1 Å². The summed E-state index contributed by atoms with van der Waals surface area (Å²) in [6.07, 6.45) is 3.93. The van der Waals surface area contributed by atoms with Crippen LogP contribution in [0.25, 0.3) is 0 Å². The smallest absolute Gasteiger partial charge is 0.310 e. The quantitative estimate of drug-likeness (QED) is 0.553. The number of carbonyl (C=O) groups excluding carboxylic acids is 3. The van der Waals surface area contributed by atoms with E-state index in [9.17, 15) is 22.8 Å². The molecule has 1 atom stereocenters. The first-order valence-corrected chi connectivity index (χ1v) is 12.5. The molecule has 178 valence electrons. The average Bonchev–Trinajstić information content (AvgIpc) is 3.30. The first-order chi connectivity index (χ1) is 15.2. The van der Waals surface area contributed by atoms with Crippen LogP contribution in [0.2, 0.25) is 0 Å². The normalized spacial score (nSPS) is 20.1. The minimum atomic E-state index is -3.78. The molecule has 2 aliphatic heterocycles. The summed E-state index contributed by atoms with van der Waals surface area (Å²) in [4.78, 5) is 40.1. The first kappa shape index (κ1) is 24.2. The molecule has 11 heteroatoms. The number of carbonyl (C=O) groups is 3. The van der Waals surface area contributed by atoms with Crippen molar-refractivity contribution in [3.63, 3.8) is 0 Å². The van der Waals surface area contributed by atoms with Crippen LogP contribution in [-0.4, -0.2) is 86.7 Å². The van der Waals surface area contributed by atoms with E-state index in [-0.39, 0.29) is 41.7 Å². The summed E-state index contributed by atoms with van der Waals surface area (Å²) >= 11 is 0. The van der Waals surface area contributed by atoms with Gasteiger partial charge in [0.25, 0.3) is 15.9 Å². The largest absolute Gasteiger partial charge is 0.466 e. The number of sulfonamides is 1. The lowest BCUT2D eigenvalue weighted by molar-refractivity contribution is -0.151. The average molecular weight is 470 g/mol. The number of nitrogens with zero attached hydrogens (tertiary/aromatic N) is 3. The summed E-state index contributed by atoms with van der Waals surface area (Å²) < 4.78 is 37.2. The van der Waals surface area contributed by atoms with Crippen molar-refractivity contribution in [1.29, 1.82) is 0 Å². The van der Waals surface area contributed by atoms with E-state index >= 15 is 0 Å². The lowest BCUT2D eigenvalue weighted by atomic mass is 9.98. The summed E-state index contributed by atoms with van der Waals surface area (Å²) in [6, 6.07) is 2.60. The van der Waals surface area contributed by atoms with Gasteiger partial charge in [-0.3, -0.25) is 14.4 Å². The second kappa shape index (κ2) is 10.5. The van der Waals surface area contributed by atoms with Crippen molar-refractivity contribution in [2.45, 2.75) is 44.1 Å². The minimum absolute atomic E-state index is 0.140. The molecular weight excluding hydrogens is 438 g/mol. The third-order valence-corrected chi connectivity index (χ3v) is 7.59. The fourth-order valence-electron chi connectivity index (χ4n) is 4.03. The lowest BCUT2D eigenvalue weighted by Gasteiger charge is -2.32. The number of esters is 1. The highest BCUT2D eigenvalue weighted by molar-refractivity contribution is 7.89. The Kier molecular flexibility index (Phi) is 7.94. The second-order valence-electron chi connectivity index (χ2n) is 8.18. The molecule has 0 radical (unpaired) electrons. The van der Waals surface area contributed by atoms with Crippen molar-refractivity contribution < 1.29 is 32.0 Å². The van der Waals surface area contributed by atoms with Gasteiger partial charge >= 0.3 is 5.97 Å². The van der Waals surface area contributed by atoms with E-state index in [2.05, 4.69) is 0 Å². The molecule has 0 saturated carbocycles. The van der Waals surface area contributed by atoms with Crippen LogP contribution in [-0.2, 0) is 24.3 Å². The number of hydrogen-bond acceptors (Lipinski definition) is 7. The van der Waals surface area contributed by atoms with E-state index in [1.54, 1.807) is 11.8 Å². The van der Waals surface area contributed by atoms with Gasteiger partial charge < -0.3 is 19.0 Å². The topological polar surface area (TPSA) is 117 Å². The number of furan rings is 1. The molecular formula is C21H31N3O7S. The molecule has 32 heavy (non-hydrogen) atoms. The zero-order valence-corrected chi connectivity index (χ0v) is 19.4. The fourth-order valence-corrected chi connectivity index (χ4v) is 5.45. The molecule has 2 amide bonds. The van der Waals surface area contributed by atoms with Gasteiger partial charge in [0, 0.05) is 33.2 Å². The third-order valence-electron chi connectivity index (χ3n) is 5.81. The summed E-state index contributed by atoms with van der Waals surface area (Å²) in [5.74, 6) is -1.69. The van der Waals surface area contributed by atoms with E-state index in [1.165, 1.54) is 28.4 Å². The Morgan fingerprint density at radius 2 is 1.84 bits per heavy atom. The number of piperidine rings is 2. The van der Waals surface area contributed by atoms with Crippen molar-refractivity contribution in [3.8, 4) is 0 Å². The van der Waals surface area contributed by atoms with E-state index in [4.69, 9.17) is 9.15 Å². The van der Waals surface area contributed by atoms with Gasteiger partial charge in [0.05, 0.1) is 19.1 Å². The first-order valence-electron chi connectivity index (χ1n) is 11.0. The molecule has 10 nitrogen and oxygen atoms in total. The van der Waals surface area contributed by atoms with Crippen LogP contribution in [0.15, 0.2) is 21.6 Å². The van der Waals surface area contributed by atoms with E-state index in [0.29, 0.717) is 39.1 Å². The summed E-state index contributed by atoms with van der Waals surface area (Å²) in [6.45, 7) is 3.46. The Hall–Kier alpha value is -2.40. The molecule has 3 heterocycles. The fraction of sp³-hybridized carbons (Fsp3) is 0.667. The van der Waals surface area contributed by atoms with Crippen LogP contribution in [0.5, 0.6) is 0 Å². The van der Waals surface area contributed by atoms with E-state index in [0.717, 1.165) is 19.3 Å². The Balaban J connectivity index is 1.60. The van der Waals surface area contributed by atoms with Gasteiger partial charge in [-0.15, -0.1) is 0 Å². The second-order valence-corrected chi connectivity index (χ2v) is 10.0. The number of amides is 2. The molecule has 0 bridgehead atoms. The van der Waals surface area contributed by atoms with E-state index in [1.807, 2.05) is 0 Å². The molecule has 3 rings (SSSR count). The molecule has 0 spiro atoms. The standard InChI is InChI=1S/C21H31N3O7S/c1-3-30-21(27)16-8-7-11-23(14-16)18(25)15-22(2)20(26)17-9-10-19(31-17)32(28,29)24-12-5-4-6-13-24/h9-10,16H,3-8,11-15H2,1-2H3. The molecule has 2 saturated heterocycles. The summed E-state index contributed by atoms with van der Waals surface area (Å²) in [5.41, 5.74) is 0. The predicted molar refractivity (Wildman–Crippen MR) is 114 cm³/mol. The number of likely N-dealkylation sites (N-methyl/N-ethyl adjacent to an activating group) is 1. The van der Waals surface area contributed by atoms with Crippen LogP contribution in [0, 0.1) is 5.92 Å². The highest BCUT2D eigenvalue weighted by atomic mass is 32.2. The zero-order valence-electron chi connectivity index (χ0n) is 18.6.